The quantitative estimate of drug-likeness (QED) is 0.380. The predicted octanol–water partition coefficient (Wildman–Crippen LogP) is 4.70. The first-order valence-corrected chi connectivity index (χ1v) is 9.06. The van der Waals surface area contributed by atoms with Gasteiger partial charge in [0, 0.05) is 16.3 Å². The van der Waals surface area contributed by atoms with Crippen molar-refractivity contribution in [3.63, 3.8) is 0 Å². The lowest BCUT2D eigenvalue weighted by Crippen LogP contribution is -2.15. The van der Waals surface area contributed by atoms with E-state index in [1.165, 1.54) is 24.3 Å². The molecule has 14 heteroatoms. The van der Waals surface area contributed by atoms with E-state index in [4.69, 9.17) is 30.8 Å². The number of carbonyl (C=O) groups excluding carboxylic acids is 1. The average Bonchev–Trinajstić information content (AvgIpc) is 2.51. The number of benzene rings is 2. The van der Waals surface area contributed by atoms with Crippen LogP contribution in [0, 0.1) is 0 Å². The van der Waals surface area contributed by atoms with Gasteiger partial charge in [-0.25, -0.2) is 4.57 Å². The summed E-state index contributed by atoms with van der Waals surface area (Å²) in [6, 6.07) is 6.27. The van der Waals surface area contributed by atoms with Crippen LogP contribution in [0.1, 0.15) is 21.5 Å². The first kappa shape index (κ1) is 24.9. The first-order chi connectivity index (χ1) is 13.0. The van der Waals surface area contributed by atoms with Crippen LogP contribution < -0.4 is 5.32 Å². The van der Waals surface area contributed by atoms with E-state index >= 15 is 0 Å². The molecule has 2 rings (SSSR count). The maximum Gasteiger partial charge on any atom is 0.466 e. The number of rotatable bonds is 2. The summed E-state index contributed by atoms with van der Waals surface area (Å²) in [6.07, 6.45) is -9.98. The molecule has 1 amide bonds. The fraction of sp³-hybridized carbons (Fsp3) is 0.133. The average molecular weight is 466 g/mol. The van der Waals surface area contributed by atoms with Gasteiger partial charge in [0.05, 0.1) is 11.1 Å². The maximum atomic E-state index is 12.8. The molecule has 0 saturated heterocycles. The van der Waals surface area contributed by atoms with Gasteiger partial charge in [0.15, 0.2) is 0 Å². The fourth-order valence-corrected chi connectivity index (χ4v) is 2.05. The molecule has 4 N–H and O–H groups in total. The molecular weight excluding hydrogens is 455 g/mol. The van der Waals surface area contributed by atoms with Crippen molar-refractivity contribution in [1.82, 2.24) is 0 Å². The Morgan fingerprint density at radius 3 is 1.72 bits per heavy atom. The first-order valence-electron chi connectivity index (χ1n) is 7.11. The summed E-state index contributed by atoms with van der Waals surface area (Å²) in [6.45, 7) is 0. The summed E-state index contributed by atoms with van der Waals surface area (Å²) in [7, 11) is -4.64. The monoisotopic (exact) mass is 465 g/mol. The number of anilines is 1. The van der Waals surface area contributed by atoms with E-state index in [1.54, 1.807) is 0 Å². The number of phosphoric acid groups is 1. The van der Waals surface area contributed by atoms with E-state index < -0.39 is 42.9 Å². The summed E-state index contributed by atoms with van der Waals surface area (Å²) in [4.78, 5) is 33.5. The summed E-state index contributed by atoms with van der Waals surface area (Å²) in [5.41, 5.74) is -3.66. The van der Waals surface area contributed by atoms with Crippen LogP contribution in [-0.4, -0.2) is 20.6 Å². The van der Waals surface area contributed by atoms with Crippen LogP contribution in [0.25, 0.3) is 0 Å². The van der Waals surface area contributed by atoms with Crippen LogP contribution in [0.4, 0.5) is 32.0 Å². The van der Waals surface area contributed by atoms with Gasteiger partial charge < -0.3 is 20.0 Å². The highest BCUT2D eigenvalue weighted by atomic mass is 35.5. The molecule has 0 aliphatic rings. The Bertz CT molecular complexity index is 888. The molecule has 0 aliphatic carbocycles. The van der Waals surface area contributed by atoms with Gasteiger partial charge in [-0.3, -0.25) is 4.79 Å². The standard InChI is InChI=1S/C15H8ClF6NO.H3O4P/c16-11-3-1-2-8(4-11)13(24)23-12-6-9(14(17,18)19)5-10(7-12)15(20,21)22;1-5(2,3)4/h1-7H,(H,23,24);(H3,1,2,3,4). The number of amides is 1. The summed E-state index contributed by atoms with van der Waals surface area (Å²) < 4.78 is 85.4. The van der Waals surface area contributed by atoms with Crippen LogP contribution in [-0.2, 0) is 16.9 Å². The molecule has 29 heavy (non-hydrogen) atoms. The lowest BCUT2D eigenvalue weighted by atomic mass is 10.1. The number of hydrogen-bond acceptors (Lipinski definition) is 2. The van der Waals surface area contributed by atoms with Gasteiger partial charge in [-0.05, 0) is 36.4 Å². The van der Waals surface area contributed by atoms with Gasteiger partial charge in [-0.15, -0.1) is 0 Å². The zero-order valence-electron chi connectivity index (χ0n) is 13.8. The molecule has 0 radical (unpaired) electrons. The third kappa shape index (κ3) is 9.29. The second-order valence-electron chi connectivity index (χ2n) is 5.27. The lowest BCUT2D eigenvalue weighted by molar-refractivity contribution is -0.143. The van der Waals surface area contributed by atoms with Crippen molar-refractivity contribution >= 4 is 31.0 Å². The van der Waals surface area contributed by atoms with Crippen LogP contribution in [0.2, 0.25) is 5.02 Å². The minimum absolute atomic E-state index is 0.00605. The van der Waals surface area contributed by atoms with Gasteiger partial charge in [0.25, 0.3) is 5.91 Å². The van der Waals surface area contributed by atoms with E-state index in [2.05, 4.69) is 0 Å². The summed E-state index contributed by atoms with van der Waals surface area (Å²) >= 11 is 5.68. The molecule has 0 spiro atoms. The van der Waals surface area contributed by atoms with Crippen LogP contribution in [0.3, 0.4) is 0 Å². The van der Waals surface area contributed by atoms with Crippen molar-refractivity contribution in [3.8, 4) is 0 Å². The third-order valence-electron chi connectivity index (χ3n) is 2.93. The smallest absolute Gasteiger partial charge is 0.322 e. The second-order valence-corrected chi connectivity index (χ2v) is 6.74. The Hall–Kier alpha value is -2.11. The van der Waals surface area contributed by atoms with Crippen molar-refractivity contribution in [2.24, 2.45) is 0 Å². The highest BCUT2D eigenvalue weighted by Gasteiger charge is 2.37. The number of carbonyl (C=O) groups is 1. The van der Waals surface area contributed by atoms with Crippen LogP contribution >= 0.6 is 19.4 Å². The normalized spacial score (nSPS) is 12.1. The molecule has 0 heterocycles. The molecular formula is C15H11ClF6NO5P. The minimum Gasteiger partial charge on any atom is -0.322 e. The van der Waals surface area contributed by atoms with Crippen LogP contribution in [0.5, 0.6) is 0 Å². The summed E-state index contributed by atoms with van der Waals surface area (Å²) in [5.74, 6) is -0.884. The van der Waals surface area contributed by atoms with Gasteiger partial charge in [0.2, 0.25) is 0 Å². The predicted molar refractivity (Wildman–Crippen MR) is 90.1 cm³/mol. The zero-order valence-corrected chi connectivity index (χ0v) is 15.4. The molecule has 160 valence electrons. The molecule has 0 aliphatic heterocycles. The fourth-order valence-electron chi connectivity index (χ4n) is 1.86. The highest BCUT2D eigenvalue weighted by molar-refractivity contribution is 7.45. The largest absolute Gasteiger partial charge is 0.466 e. The van der Waals surface area contributed by atoms with Gasteiger partial charge in [-0.1, -0.05) is 17.7 Å². The molecule has 6 nitrogen and oxygen atoms in total. The summed E-state index contributed by atoms with van der Waals surface area (Å²) in [5, 5.41) is 2.21. The number of halogens is 7. The van der Waals surface area contributed by atoms with Crippen LogP contribution in [0.15, 0.2) is 42.5 Å². The van der Waals surface area contributed by atoms with E-state index in [-0.39, 0.29) is 16.7 Å². The Morgan fingerprint density at radius 2 is 1.34 bits per heavy atom. The van der Waals surface area contributed by atoms with Gasteiger partial charge in [-0.2, -0.15) is 26.3 Å². The van der Waals surface area contributed by atoms with E-state index in [0.717, 1.165) is 0 Å². The molecule has 0 bridgehead atoms. The van der Waals surface area contributed by atoms with Crippen molar-refractivity contribution < 1.29 is 50.4 Å². The second kappa shape index (κ2) is 9.14. The minimum atomic E-state index is -4.99. The number of alkyl halides is 6. The Kier molecular flexibility index (Phi) is 7.86. The number of nitrogens with one attached hydrogen (secondary N) is 1. The number of hydrogen-bond donors (Lipinski definition) is 4. The Morgan fingerprint density at radius 1 is 0.897 bits per heavy atom. The van der Waals surface area contributed by atoms with Gasteiger partial charge >= 0.3 is 20.2 Å². The van der Waals surface area contributed by atoms with Crippen molar-refractivity contribution in [2.45, 2.75) is 12.4 Å². The van der Waals surface area contributed by atoms with Crippen molar-refractivity contribution in [1.29, 1.82) is 0 Å². The molecule has 0 atom stereocenters. The van der Waals surface area contributed by atoms with Crippen molar-refractivity contribution in [2.75, 3.05) is 5.32 Å². The molecule has 0 saturated carbocycles. The molecule has 2 aromatic carbocycles. The molecule has 2 aromatic rings. The van der Waals surface area contributed by atoms with E-state index in [9.17, 15) is 31.1 Å². The molecule has 0 aromatic heterocycles. The van der Waals surface area contributed by atoms with E-state index in [0.29, 0.717) is 12.1 Å². The Balaban J connectivity index is 0.000000749. The topological polar surface area (TPSA) is 107 Å². The van der Waals surface area contributed by atoms with Crippen molar-refractivity contribution in [3.05, 3.63) is 64.2 Å². The third-order valence-corrected chi connectivity index (χ3v) is 3.17. The lowest BCUT2D eigenvalue weighted by Gasteiger charge is -2.14. The SMILES string of the molecule is O=C(Nc1cc(C(F)(F)F)cc(C(F)(F)F)c1)c1cccc(Cl)c1.O=P(O)(O)O. The molecule has 0 fully saturated rings. The van der Waals surface area contributed by atoms with E-state index in [1.807, 2.05) is 5.32 Å². The van der Waals surface area contributed by atoms with Gasteiger partial charge in [0.1, 0.15) is 0 Å². The maximum absolute atomic E-state index is 12.8. The zero-order chi connectivity index (χ0) is 22.6. The Labute approximate surface area is 164 Å². The highest BCUT2D eigenvalue weighted by Crippen LogP contribution is 2.37. The molecule has 0 unspecified atom stereocenters.